The van der Waals surface area contributed by atoms with Crippen LogP contribution in [0.1, 0.15) is 43.7 Å². The van der Waals surface area contributed by atoms with Crippen molar-refractivity contribution in [3.8, 4) is 0 Å². The van der Waals surface area contributed by atoms with Crippen molar-refractivity contribution in [2.24, 2.45) is 10.9 Å². The largest absolute Gasteiger partial charge is 0.335 e. The number of likely N-dealkylation sites (N-methyl/N-ethyl adjacent to an activating group) is 1. The quantitative estimate of drug-likeness (QED) is 0.789. The summed E-state index contributed by atoms with van der Waals surface area (Å²) in [5.74, 6) is -0.261. The second kappa shape index (κ2) is 8.88. The van der Waals surface area contributed by atoms with Gasteiger partial charge in [-0.25, -0.2) is 14.2 Å². The fourth-order valence-corrected chi connectivity index (χ4v) is 4.40. The summed E-state index contributed by atoms with van der Waals surface area (Å²) >= 11 is 0. The highest BCUT2D eigenvalue weighted by molar-refractivity contribution is 6.20. The lowest BCUT2D eigenvalue weighted by Gasteiger charge is -2.28. The van der Waals surface area contributed by atoms with Gasteiger partial charge in [0.15, 0.2) is 0 Å². The maximum Gasteiger partial charge on any atom is 0.317 e. The predicted octanol–water partition coefficient (Wildman–Crippen LogP) is 3.84. The predicted molar refractivity (Wildman–Crippen MR) is 119 cm³/mol. The summed E-state index contributed by atoms with van der Waals surface area (Å²) in [4.78, 5) is 31.8. The van der Waals surface area contributed by atoms with Crippen LogP contribution in [0.4, 0.5) is 14.9 Å². The Kier molecular flexibility index (Phi) is 6.02. The minimum absolute atomic E-state index is 0.0783. The highest BCUT2D eigenvalue weighted by Gasteiger charge is 2.32. The molecule has 6 nitrogen and oxygen atoms in total. The molecule has 1 aliphatic carbocycles. The molecule has 2 N–H and O–H groups in total. The van der Waals surface area contributed by atoms with Crippen molar-refractivity contribution in [3.05, 3.63) is 65.5 Å². The highest BCUT2D eigenvalue weighted by Crippen LogP contribution is 2.28. The number of para-hydroxylation sites is 1. The van der Waals surface area contributed by atoms with E-state index in [1.54, 1.807) is 37.4 Å². The Morgan fingerprint density at radius 1 is 1.06 bits per heavy atom. The maximum atomic E-state index is 14.7. The van der Waals surface area contributed by atoms with Gasteiger partial charge in [0.05, 0.1) is 11.4 Å². The number of hydrogen-bond acceptors (Lipinski definition) is 3. The summed E-state index contributed by atoms with van der Waals surface area (Å²) in [5, 5.41) is 5.68. The molecule has 2 aromatic carbocycles. The van der Waals surface area contributed by atoms with Gasteiger partial charge in [0.2, 0.25) is 6.17 Å². The highest BCUT2D eigenvalue weighted by atomic mass is 19.1. The van der Waals surface area contributed by atoms with Gasteiger partial charge in [-0.3, -0.25) is 4.79 Å². The van der Waals surface area contributed by atoms with Crippen molar-refractivity contribution in [2.45, 2.75) is 44.8 Å². The number of hydrogen-bond donors (Lipinski definition) is 2. The van der Waals surface area contributed by atoms with E-state index in [1.165, 1.54) is 17.4 Å². The van der Waals surface area contributed by atoms with Gasteiger partial charge in [-0.1, -0.05) is 50.1 Å². The van der Waals surface area contributed by atoms with Crippen molar-refractivity contribution in [1.29, 1.82) is 0 Å². The molecule has 162 valence electrons. The third-order valence-electron chi connectivity index (χ3n) is 6.01. The topological polar surface area (TPSA) is 73.8 Å². The molecule has 0 radical (unpaired) electrons. The zero-order valence-corrected chi connectivity index (χ0v) is 17.8. The Morgan fingerprint density at radius 2 is 1.77 bits per heavy atom. The number of amides is 3. The molecule has 0 spiro atoms. The van der Waals surface area contributed by atoms with E-state index in [4.69, 9.17) is 0 Å². The molecule has 0 bridgehead atoms. The molecule has 2 aliphatic rings. The van der Waals surface area contributed by atoms with E-state index in [0.29, 0.717) is 22.9 Å². The molecule has 1 saturated carbocycles. The number of benzene rings is 2. The number of carbonyl (C=O) groups is 2. The molecular formula is C24H27FN4O2. The van der Waals surface area contributed by atoms with Gasteiger partial charge in [0, 0.05) is 24.2 Å². The van der Waals surface area contributed by atoms with Gasteiger partial charge < -0.3 is 15.5 Å². The molecule has 1 heterocycles. The molecule has 3 atom stereocenters. The van der Waals surface area contributed by atoms with E-state index in [2.05, 4.69) is 22.5 Å². The standard InChI is InChI=1S/C24H27FN4O2/c1-15-8-7-9-16(14-15)26-24(31)28-22-23(30)29(2)20-13-6-4-11-18(20)21(27-22)17-10-3-5-12-19(17)25/h3-6,10-13,15-16,22H,7-9,14H2,1-2H3,(H2,26,28,31). The average Bonchev–Trinajstić information content (AvgIpc) is 2.85. The van der Waals surface area contributed by atoms with Crippen molar-refractivity contribution in [1.82, 2.24) is 10.6 Å². The van der Waals surface area contributed by atoms with Crippen LogP contribution in [0, 0.1) is 11.7 Å². The number of carbonyl (C=O) groups excluding carboxylic acids is 2. The average molecular weight is 423 g/mol. The lowest BCUT2D eigenvalue weighted by Crippen LogP contribution is -2.52. The molecule has 2 aromatic rings. The third kappa shape index (κ3) is 4.45. The van der Waals surface area contributed by atoms with Gasteiger partial charge in [0.1, 0.15) is 5.82 Å². The van der Waals surface area contributed by atoms with E-state index >= 15 is 0 Å². The molecule has 3 amide bonds. The van der Waals surface area contributed by atoms with E-state index < -0.39 is 18.0 Å². The zero-order chi connectivity index (χ0) is 22.0. The normalized spacial score (nSPS) is 23.5. The van der Waals surface area contributed by atoms with Gasteiger partial charge >= 0.3 is 6.03 Å². The molecule has 1 fully saturated rings. The van der Waals surface area contributed by atoms with Crippen molar-refractivity contribution >= 4 is 23.3 Å². The fraction of sp³-hybridized carbons (Fsp3) is 0.375. The summed E-state index contributed by atoms with van der Waals surface area (Å²) in [5.41, 5.74) is 1.86. The minimum atomic E-state index is -1.16. The Labute approximate surface area is 181 Å². The number of rotatable bonds is 3. The van der Waals surface area contributed by atoms with Crippen LogP contribution < -0.4 is 15.5 Å². The smallest absolute Gasteiger partial charge is 0.317 e. The molecule has 0 aromatic heterocycles. The maximum absolute atomic E-state index is 14.7. The zero-order valence-electron chi connectivity index (χ0n) is 17.8. The van der Waals surface area contributed by atoms with E-state index in [9.17, 15) is 14.0 Å². The molecule has 0 saturated heterocycles. The van der Waals surface area contributed by atoms with Crippen LogP contribution in [-0.2, 0) is 4.79 Å². The van der Waals surface area contributed by atoms with Crippen LogP contribution in [0.5, 0.6) is 0 Å². The van der Waals surface area contributed by atoms with Gasteiger partial charge in [-0.05, 0) is 37.0 Å². The van der Waals surface area contributed by atoms with Crippen LogP contribution >= 0.6 is 0 Å². The van der Waals surface area contributed by atoms with E-state index in [1.807, 2.05) is 12.1 Å². The molecule has 1 aliphatic heterocycles. The first-order valence-electron chi connectivity index (χ1n) is 10.7. The summed E-state index contributed by atoms with van der Waals surface area (Å²) in [6.07, 6.45) is 2.92. The lowest BCUT2D eigenvalue weighted by atomic mass is 9.87. The number of nitrogens with zero attached hydrogens (tertiary/aromatic N) is 2. The Balaban J connectivity index is 1.66. The number of anilines is 1. The van der Waals surface area contributed by atoms with Crippen LogP contribution in [-0.4, -0.2) is 36.9 Å². The lowest BCUT2D eigenvalue weighted by molar-refractivity contribution is -0.119. The Morgan fingerprint density at radius 3 is 2.52 bits per heavy atom. The number of aliphatic imine (C=N–C) groups is 1. The molecule has 3 unspecified atom stereocenters. The van der Waals surface area contributed by atoms with Crippen LogP contribution in [0.3, 0.4) is 0 Å². The molecule has 7 heteroatoms. The first-order chi connectivity index (χ1) is 14.9. The molecule has 31 heavy (non-hydrogen) atoms. The Hall–Kier alpha value is -3.22. The van der Waals surface area contributed by atoms with Crippen LogP contribution in [0.25, 0.3) is 0 Å². The Bertz CT molecular complexity index is 1020. The first kappa shape index (κ1) is 21.0. The fourth-order valence-electron chi connectivity index (χ4n) is 4.40. The molecular weight excluding hydrogens is 395 g/mol. The summed E-state index contributed by atoms with van der Waals surface area (Å²) in [6, 6.07) is 13.2. The summed E-state index contributed by atoms with van der Waals surface area (Å²) < 4.78 is 14.7. The number of halogens is 1. The molecule has 4 rings (SSSR count). The van der Waals surface area contributed by atoms with Crippen LogP contribution in [0.2, 0.25) is 0 Å². The van der Waals surface area contributed by atoms with Crippen molar-refractivity contribution in [2.75, 3.05) is 11.9 Å². The number of benzodiazepines with no additional fused rings is 1. The second-order valence-corrected chi connectivity index (χ2v) is 8.36. The second-order valence-electron chi connectivity index (χ2n) is 8.36. The number of nitrogens with one attached hydrogen (secondary N) is 2. The SMILES string of the molecule is CC1CCCC(NC(=O)NC2N=C(c3ccccc3F)c3ccccc3N(C)C2=O)C1. The first-order valence-corrected chi connectivity index (χ1v) is 10.7. The summed E-state index contributed by atoms with van der Waals surface area (Å²) in [6.45, 7) is 2.18. The van der Waals surface area contributed by atoms with Crippen molar-refractivity contribution in [3.63, 3.8) is 0 Å². The monoisotopic (exact) mass is 422 g/mol. The van der Waals surface area contributed by atoms with Gasteiger partial charge in [-0.2, -0.15) is 0 Å². The van der Waals surface area contributed by atoms with Crippen molar-refractivity contribution < 1.29 is 14.0 Å². The van der Waals surface area contributed by atoms with Gasteiger partial charge in [0.25, 0.3) is 5.91 Å². The van der Waals surface area contributed by atoms with Gasteiger partial charge in [-0.15, -0.1) is 0 Å². The third-order valence-corrected chi connectivity index (χ3v) is 6.01. The summed E-state index contributed by atoms with van der Waals surface area (Å²) in [7, 11) is 1.64. The van der Waals surface area contributed by atoms with E-state index in [0.717, 1.165) is 19.3 Å². The van der Waals surface area contributed by atoms with Crippen LogP contribution in [0.15, 0.2) is 53.5 Å². The number of urea groups is 1. The van der Waals surface area contributed by atoms with E-state index in [-0.39, 0.29) is 17.5 Å². The minimum Gasteiger partial charge on any atom is -0.335 e. The number of fused-ring (bicyclic) bond motifs is 1.